The maximum atomic E-state index is 6.25. The summed E-state index contributed by atoms with van der Waals surface area (Å²) >= 11 is 1.79. The molecular formula is C16H16OS. The van der Waals surface area contributed by atoms with E-state index in [4.69, 9.17) is 4.74 Å². The van der Waals surface area contributed by atoms with Gasteiger partial charge < -0.3 is 4.74 Å². The van der Waals surface area contributed by atoms with Gasteiger partial charge in [0.2, 0.25) is 0 Å². The Morgan fingerprint density at radius 1 is 0.944 bits per heavy atom. The third kappa shape index (κ3) is 2.06. The van der Waals surface area contributed by atoms with Gasteiger partial charge in [0, 0.05) is 4.90 Å². The van der Waals surface area contributed by atoms with Crippen LogP contribution < -0.4 is 0 Å². The molecule has 0 spiro atoms. The molecule has 3 rings (SSSR count). The average Bonchev–Trinajstić information content (AvgIpc) is 2.39. The van der Waals surface area contributed by atoms with Crippen LogP contribution in [0.3, 0.4) is 0 Å². The van der Waals surface area contributed by atoms with Crippen molar-refractivity contribution >= 4 is 11.8 Å². The standard InChI is InChI=1S/C16H16OS/c1-16(2)13-10-6-7-11-14(13)18-15(17-16)12-8-4-3-5-9-12/h3-11,15H,1-2H3. The summed E-state index contributed by atoms with van der Waals surface area (Å²) in [6, 6.07) is 18.9. The van der Waals surface area contributed by atoms with Crippen molar-refractivity contribution in [2.75, 3.05) is 0 Å². The van der Waals surface area contributed by atoms with E-state index in [9.17, 15) is 0 Å². The van der Waals surface area contributed by atoms with Crippen molar-refractivity contribution in [2.24, 2.45) is 0 Å². The Morgan fingerprint density at radius 2 is 1.61 bits per heavy atom. The van der Waals surface area contributed by atoms with E-state index in [-0.39, 0.29) is 11.0 Å². The van der Waals surface area contributed by atoms with Crippen molar-refractivity contribution in [1.29, 1.82) is 0 Å². The minimum Gasteiger partial charge on any atom is -0.352 e. The van der Waals surface area contributed by atoms with Gasteiger partial charge in [-0.25, -0.2) is 0 Å². The van der Waals surface area contributed by atoms with E-state index in [1.807, 2.05) is 6.07 Å². The lowest BCUT2D eigenvalue weighted by molar-refractivity contribution is -0.0452. The molecule has 2 aromatic carbocycles. The summed E-state index contributed by atoms with van der Waals surface area (Å²) in [4.78, 5) is 1.32. The molecule has 1 aliphatic heterocycles. The fraction of sp³-hybridized carbons (Fsp3) is 0.250. The average molecular weight is 256 g/mol. The quantitative estimate of drug-likeness (QED) is 0.728. The highest BCUT2D eigenvalue weighted by Gasteiger charge is 2.34. The number of rotatable bonds is 1. The van der Waals surface area contributed by atoms with Crippen LogP contribution in [-0.2, 0) is 10.3 Å². The highest BCUT2D eigenvalue weighted by Crippen LogP contribution is 2.49. The molecule has 0 aliphatic carbocycles. The molecule has 0 radical (unpaired) electrons. The first-order valence-corrected chi connectivity index (χ1v) is 7.04. The number of thioether (sulfide) groups is 1. The van der Waals surface area contributed by atoms with Gasteiger partial charge in [-0.1, -0.05) is 60.3 Å². The summed E-state index contributed by atoms with van der Waals surface area (Å²) in [6.07, 6.45) is 0. The van der Waals surface area contributed by atoms with Crippen LogP contribution in [0.15, 0.2) is 59.5 Å². The minimum absolute atomic E-state index is 0.0797. The van der Waals surface area contributed by atoms with Crippen molar-refractivity contribution in [3.05, 3.63) is 65.7 Å². The Hall–Kier alpha value is -1.25. The summed E-state index contributed by atoms with van der Waals surface area (Å²) in [5.74, 6) is 0. The van der Waals surface area contributed by atoms with Gasteiger partial charge in [-0.15, -0.1) is 0 Å². The highest BCUT2D eigenvalue weighted by atomic mass is 32.2. The molecule has 0 bridgehead atoms. The van der Waals surface area contributed by atoms with Gasteiger partial charge in [0.25, 0.3) is 0 Å². The lowest BCUT2D eigenvalue weighted by Crippen LogP contribution is -2.27. The number of hydrogen-bond donors (Lipinski definition) is 0. The van der Waals surface area contributed by atoms with Crippen LogP contribution in [0.4, 0.5) is 0 Å². The SMILES string of the molecule is CC1(C)OC(c2ccccc2)Sc2ccccc21. The number of fused-ring (bicyclic) bond motifs is 1. The minimum atomic E-state index is -0.234. The van der Waals surface area contributed by atoms with Gasteiger partial charge in [0.1, 0.15) is 5.44 Å². The fourth-order valence-electron chi connectivity index (χ4n) is 2.28. The van der Waals surface area contributed by atoms with E-state index >= 15 is 0 Å². The van der Waals surface area contributed by atoms with Crippen LogP contribution in [0.5, 0.6) is 0 Å². The maximum absolute atomic E-state index is 6.25. The fourth-order valence-corrected chi connectivity index (χ4v) is 3.69. The second kappa shape index (κ2) is 4.45. The first-order valence-electron chi connectivity index (χ1n) is 6.16. The lowest BCUT2D eigenvalue weighted by atomic mass is 9.97. The van der Waals surface area contributed by atoms with Crippen molar-refractivity contribution in [2.45, 2.75) is 29.8 Å². The molecular weight excluding hydrogens is 240 g/mol. The zero-order valence-electron chi connectivity index (χ0n) is 10.6. The molecule has 0 aromatic heterocycles. The van der Waals surface area contributed by atoms with Crippen LogP contribution in [-0.4, -0.2) is 0 Å². The normalized spacial score (nSPS) is 21.3. The maximum Gasteiger partial charge on any atom is 0.134 e. The zero-order valence-corrected chi connectivity index (χ0v) is 11.4. The second-order valence-electron chi connectivity index (χ2n) is 4.98. The van der Waals surface area contributed by atoms with Gasteiger partial charge in [0.05, 0.1) is 5.60 Å². The van der Waals surface area contributed by atoms with Crippen LogP contribution in [0.2, 0.25) is 0 Å². The predicted octanol–water partition coefficient (Wildman–Crippen LogP) is 4.74. The summed E-state index contributed by atoms with van der Waals surface area (Å²) in [5, 5.41) is 0. The molecule has 0 amide bonds. The summed E-state index contributed by atoms with van der Waals surface area (Å²) in [6.45, 7) is 4.28. The molecule has 2 aromatic rings. The smallest absolute Gasteiger partial charge is 0.134 e. The van der Waals surface area contributed by atoms with Gasteiger partial charge >= 0.3 is 0 Å². The van der Waals surface area contributed by atoms with Crippen LogP contribution in [0, 0.1) is 0 Å². The Balaban J connectivity index is 2.01. The van der Waals surface area contributed by atoms with Crippen LogP contribution in [0.1, 0.15) is 30.4 Å². The molecule has 0 saturated heterocycles. The van der Waals surface area contributed by atoms with Gasteiger partial charge in [0.15, 0.2) is 0 Å². The molecule has 0 saturated carbocycles. The second-order valence-corrected chi connectivity index (χ2v) is 6.09. The zero-order chi connectivity index (χ0) is 12.6. The van der Waals surface area contributed by atoms with Gasteiger partial charge in [-0.3, -0.25) is 0 Å². The Bertz CT molecular complexity index is 548. The summed E-state index contributed by atoms with van der Waals surface area (Å²) in [7, 11) is 0. The van der Waals surface area contributed by atoms with Crippen molar-refractivity contribution < 1.29 is 4.74 Å². The first-order chi connectivity index (χ1) is 8.67. The molecule has 1 aliphatic rings. The van der Waals surface area contributed by atoms with E-state index in [1.54, 1.807) is 11.8 Å². The topological polar surface area (TPSA) is 9.23 Å². The van der Waals surface area contributed by atoms with Crippen molar-refractivity contribution in [3.63, 3.8) is 0 Å². The molecule has 92 valence electrons. The number of benzene rings is 2. The molecule has 1 unspecified atom stereocenters. The largest absolute Gasteiger partial charge is 0.352 e. The Kier molecular flexibility index (Phi) is 2.92. The molecule has 1 nitrogen and oxygen atoms in total. The molecule has 0 fully saturated rings. The molecule has 0 N–H and O–H groups in total. The number of hydrogen-bond acceptors (Lipinski definition) is 2. The van der Waals surface area contributed by atoms with Crippen LogP contribution >= 0.6 is 11.8 Å². The van der Waals surface area contributed by atoms with E-state index in [0.29, 0.717) is 0 Å². The number of ether oxygens (including phenoxy) is 1. The van der Waals surface area contributed by atoms with E-state index in [1.165, 1.54) is 16.0 Å². The van der Waals surface area contributed by atoms with E-state index < -0.39 is 0 Å². The molecule has 2 heteroatoms. The Labute approximate surface area is 112 Å². The first kappa shape index (κ1) is 11.8. The predicted molar refractivity (Wildman–Crippen MR) is 75.6 cm³/mol. The van der Waals surface area contributed by atoms with E-state index in [0.717, 1.165) is 0 Å². The van der Waals surface area contributed by atoms with E-state index in [2.05, 4.69) is 62.4 Å². The van der Waals surface area contributed by atoms with Gasteiger partial charge in [-0.05, 0) is 31.0 Å². The summed E-state index contributed by atoms with van der Waals surface area (Å²) in [5.41, 5.74) is 2.35. The summed E-state index contributed by atoms with van der Waals surface area (Å²) < 4.78 is 6.25. The Morgan fingerprint density at radius 3 is 2.39 bits per heavy atom. The third-order valence-electron chi connectivity index (χ3n) is 3.24. The van der Waals surface area contributed by atoms with Crippen molar-refractivity contribution in [3.8, 4) is 0 Å². The highest BCUT2D eigenvalue weighted by molar-refractivity contribution is 7.99. The molecule has 1 atom stereocenters. The molecule has 1 heterocycles. The lowest BCUT2D eigenvalue weighted by Gasteiger charge is -2.37. The molecule has 18 heavy (non-hydrogen) atoms. The van der Waals surface area contributed by atoms with Crippen LogP contribution in [0.25, 0.3) is 0 Å². The van der Waals surface area contributed by atoms with Gasteiger partial charge in [-0.2, -0.15) is 0 Å². The monoisotopic (exact) mass is 256 g/mol. The third-order valence-corrected chi connectivity index (χ3v) is 4.44. The van der Waals surface area contributed by atoms with Crippen molar-refractivity contribution in [1.82, 2.24) is 0 Å².